The third kappa shape index (κ3) is 3.28. The molecule has 0 spiro atoms. The van der Waals surface area contributed by atoms with Crippen LogP contribution in [-0.2, 0) is 0 Å². The van der Waals surface area contributed by atoms with E-state index in [2.05, 4.69) is 4.98 Å². The Kier molecular flexibility index (Phi) is 4.07. The molecule has 1 aromatic heterocycles. The summed E-state index contributed by atoms with van der Waals surface area (Å²) < 4.78 is 16.1. The average molecular weight is 260 g/mol. The van der Waals surface area contributed by atoms with E-state index in [1.165, 1.54) is 0 Å². The zero-order valence-electron chi connectivity index (χ0n) is 10.9. The molecule has 0 fully saturated rings. The van der Waals surface area contributed by atoms with Crippen LogP contribution in [0.2, 0.25) is 0 Å². The Labute approximate surface area is 111 Å². The predicted octanol–water partition coefficient (Wildman–Crippen LogP) is 2.86. The molecule has 0 radical (unpaired) electrons. The molecule has 0 amide bonds. The van der Waals surface area contributed by atoms with E-state index in [9.17, 15) is 0 Å². The highest BCUT2D eigenvalue weighted by Crippen LogP contribution is 2.27. The lowest BCUT2D eigenvalue weighted by molar-refractivity contribution is 0.323. The van der Waals surface area contributed by atoms with Gasteiger partial charge in [0.25, 0.3) is 0 Å². The Morgan fingerprint density at radius 2 is 1.95 bits per heavy atom. The van der Waals surface area contributed by atoms with Crippen LogP contribution in [0.5, 0.6) is 23.3 Å². The second-order valence-corrected chi connectivity index (χ2v) is 3.76. The molecular formula is C14H16N2O3. The fraction of sp³-hybridized carbons (Fsp3) is 0.214. The summed E-state index contributed by atoms with van der Waals surface area (Å²) >= 11 is 0. The van der Waals surface area contributed by atoms with E-state index < -0.39 is 0 Å². The number of nitrogens with two attached hydrogens (primary N) is 1. The van der Waals surface area contributed by atoms with Crippen molar-refractivity contribution in [1.29, 1.82) is 0 Å². The van der Waals surface area contributed by atoms with Crippen LogP contribution < -0.4 is 19.9 Å². The molecule has 19 heavy (non-hydrogen) atoms. The molecule has 100 valence electrons. The van der Waals surface area contributed by atoms with Gasteiger partial charge in [0.15, 0.2) is 0 Å². The molecule has 2 rings (SSSR count). The van der Waals surface area contributed by atoms with Gasteiger partial charge in [-0.3, -0.25) is 0 Å². The largest absolute Gasteiger partial charge is 0.497 e. The fourth-order valence-corrected chi connectivity index (χ4v) is 1.53. The Morgan fingerprint density at radius 1 is 1.16 bits per heavy atom. The van der Waals surface area contributed by atoms with Crippen LogP contribution in [0.15, 0.2) is 36.4 Å². The lowest BCUT2D eigenvalue weighted by atomic mass is 10.3. The monoisotopic (exact) mass is 260 g/mol. The molecular weight excluding hydrogens is 244 g/mol. The van der Waals surface area contributed by atoms with Crippen LogP contribution >= 0.6 is 0 Å². The van der Waals surface area contributed by atoms with Gasteiger partial charge in [-0.25, -0.2) is 0 Å². The number of anilines is 1. The molecule has 2 N–H and O–H groups in total. The molecule has 1 aromatic carbocycles. The van der Waals surface area contributed by atoms with Crippen LogP contribution in [0.3, 0.4) is 0 Å². The standard InChI is InChI=1S/C14H16N2O3/c1-3-18-14-12(15)7-8-13(16-14)19-11-6-4-5-10(9-11)17-2/h4-9H,3,15H2,1-2H3. The minimum atomic E-state index is 0.378. The SMILES string of the molecule is CCOc1nc(Oc2cccc(OC)c2)ccc1N. The number of ether oxygens (including phenoxy) is 3. The Bertz CT molecular complexity index is 558. The summed E-state index contributed by atoms with van der Waals surface area (Å²) in [7, 11) is 1.60. The zero-order valence-corrected chi connectivity index (χ0v) is 10.9. The first-order valence-electron chi connectivity index (χ1n) is 5.94. The highest BCUT2D eigenvalue weighted by molar-refractivity contribution is 5.49. The van der Waals surface area contributed by atoms with E-state index in [4.69, 9.17) is 19.9 Å². The molecule has 0 bridgehead atoms. The molecule has 0 atom stereocenters. The van der Waals surface area contributed by atoms with E-state index in [0.29, 0.717) is 29.8 Å². The summed E-state index contributed by atoms with van der Waals surface area (Å²) in [5.41, 5.74) is 6.24. The quantitative estimate of drug-likeness (QED) is 0.895. The first kappa shape index (κ1) is 13.0. The number of pyridine rings is 1. The predicted molar refractivity (Wildman–Crippen MR) is 72.9 cm³/mol. The summed E-state index contributed by atoms with van der Waals surface area (Å²) in [5, 5.41) is 0. The minimum absolute atomic E-state index is 0.378. The molecule has 0 saturated heterocycles. The van der Waals surface area contributed by atoms with Crippen molar-refractivity contribution in [3.8, 4) is 23.3 Å². The number of benzene rings is 1. The number of nitrogen functional groups attached to an aromatic ring is 1. The Hall–Kier alpha value is -2.43. The zero-order chi connectivity index (χ0) is 13.7. The molecule has 2 aromatic rings. The Morgan fingerprint density at radius 3 is 2.68 bits per heavy atom. The number of hydrogen-bond acceptors (Lipinski definition) is 5. The number of rotatable bonds is 5. The van der Waals surface area contributed by atoms with Crippen molar-refractivity contribution in [3.05, 3.63) is 36.4 Å². The fourth-order valence-electron chi connectivity index (χ4n) is 1.53. The lowest BCUT2D eigenvalue weighted by Crippen LogP contribution is -2.00. The van der Waals surface area contributed by atoms with Crippen LogP contribution in [0.4, 0.5) is 5.69 Å². The van der Waals surface area contributed by atoms with Gasteiger partial charge in [0, 0.05) is 12.1 Å². The van der Waals surface area contributed by atoms with Crippen molar-refractivity contribution in [2.24, 2.45) is 0 Å². The Balaban J connectivity index is 2.20. The molecule has 0 aliphatic rings. The van der Waals surface area contributed by atoms with E-state index in [1.807, 2.05) is 25.1 Å². The third-order valence-electron chi connectivity index (χ3n) is 2.41. The molecule has 0 unspecified atom stereocenters. The number of methoxy groups -OCH3 is 1. The highest BCUT2D eigenvalue weighted by atomic mass is 16.5. The van der Waals surface area contributed by atoms with Gasteiger partial charge in [-0.15, -0.1) is 0 Å². The molecule has 5 heteroatoms. The summed E-state index contributed by atoms with van der Waals surface area (Å²) in [6.07, 6.45) is 0. The van der Waals surface area contributed by atoms with Gasteiger partial charge in [-0.1, -0.05) is 6.07 Å². The maximum Gasteiger partial charge on any atom is 0.240 e. The van der Waals surface area contributed by atoms with Crippen LogP contribution in [0.1, 0.15) is 6.92 Å². The van der Waals surface area contributed by atoms with E-state index in [1.54, 1.807) is 25.3 Å². The summed E-state index contributed by atoms with van der Waals surface area (Å²) in [6.45, 7) is 2.37. The number of hydrogen-bond donors (Lipinski definition) is 1. The van der Waals surface area contributed by atoms with Crippen molar-refractivity contribution in [3.63, 3.8) is 0 Å². The van der Waals surface area contributed by atoms with E-state index in [-0.39, 0.29) is 0 Å². The van der Waals surface area contributed by atoms with Gasteiger partial charge in [-0.05, 0) is 25.1 Å². The first-order chi connectivity index (χ1) is 9.22. The second kappa shape index (κ2) is 5.95. The van der Waals surface area contributed by atoms with Gasteiger partial charge in [0.05, 0.1) is 19.4 Å². The topological polar surface area (TPSA) is 66.6 Å². The third-order valence-corrected chi connectivity index (χ3v) is 2.41. The summed E-state index contributed by atoms with van der Waals surface area (Å²) in [5.74, 6) is 2.16. The van der Waals surface area contributed by atoms with Crippen LogP contribution in [-0.4, -0.2) is 18.7 Å². The minimum Gasteiger partial charge on any atom is -0.497 e. The average Bonchev–Trinajstić information content (AvgIpc) is 2.43. The maximum absolute atomic E-state index is 5.75. The summed E-state index contributed by atoms with van der Waals surface area (Å²) in [6, 6.07) is 10.7. The van der Waals surface area contributed by atoms with Crippen molar-refractivity contribution >= 4 is 5.69 Å². The van der Waals surface area contributed by atoms with Gasteiger partial charge in [0.2, 0.25) is 11.8 Å². The van der Waals surface area contributed by atoms with Crippen molar-refractivity contribution in [2.45, 2.75) is 6.92 Å². The van der Waals surface area contributed by atoms with Gasteiger partial charge in [-0.2, -0.15) is 4.98 Å². The van der Waals surface area contributed by atoms with Gasteiger partial charge >= 0.3 is 0 Å². The van der Waals surface area contributed by atoms with Crippen molar-refractivity contribution in [2.75, 3.05) is 19.5 Å². The molecule has 0 aliphatic carbocycles. The summed E-state index contributed by atoms with van der Waals surface area (Å²) in [4.78, 5) is 4.20. The maximum atomic E-state index is 5.75. The number of nitrogens with zero attached hydrogens (tertiary/aromatic N) is 1. The van der Waals surface area contributed by atoms with Gasteiger partial charge < -0.3 is 19.9 Å². The number of aromatic nitrogens is 1. The molecule has 5 nitrogen and oxygen atoms in total. The molecule has 0 saturated carbocycles. The highest BCUT2D eigenvalue weighted by Gasteiger charge is 2.06. The van der Waals surface area contributed by atoms with E-state index >= 15 is 0 Å². The van der Waals surface area contributed by atoms with Crippen molar-refractivity contribution < 1.29 is 14.2 Å². The second-order valence-electron chi connectivity index (χ2n) is 3.76. The normalized spacial score (nSPS) is 10.0. The molecule has 1 heterocycles. The first-order valence-corrected chi connectivity index (χ1v) is 5.94. The van der Waals surface area contributed by atoms with Crippen LogP contribution in [0, 0.1) is 0 Å². The van der Waals surface area contributed by atoms with Gasteiger partial charge in [0.1, 0.15) is 11.5 Å². The lowest BCUT2D eigenvalue weighted by Gasteiger charge is -2.09. The van der Waals surface area contributed by atoms with Crippen LogP contribution in [0.25, 0.3) is 0 Å². The van der Waals surface area contributed by atoms with Crippen molar-refractivity contribution in [1.82, 2.24) is 4.98 Å². The molecule has 0 aliphatic heterocycles. The smallest absolute Gasteiger partial charge is 0.240 e. The van der Waals surface area contributed by atoms with E-state index in [0.717, 1.165) is 5.75 Å².